The van der Waals surface area contributed by atoms with E-state index in [9.17, 15) is 0 Å². The molecule has 2 aliphatic carbocycles. The van der Waals surface area contributed by atoms with Crippen molar-refractivity contribution in [1.82, 2.24) is 9.88 Å². The second kappa shape index (κ2) is 6.65. The molecule has 0 radical (unpaired) electrons. The van der Waals surface area contributed by atoms with E-state index in [0.29, 0.717) is 0 Å². The highest BCUT2D eigenvalue weighted by Gasteiger charge is 2.32. The number of halogens is 1. The molecule has 0 N–H and O–H groups in total. The number of anilines is 1. The first kappa shape index (κ1) is 16.9. The van der Waals surface area contributed by atoms with E-state index >= 15 is 0 Å². The van der Waals surface area contributed by atoms with Gasteiger partial charge < -0.3 is 9.64 Å². The lowest BCUT2D eigenvalue weighted by atomic mass is 10.1. The number of hydrogen-bond acceptors (Lipinski definition) is 4. The van der Waals surface area contributed by atoms with Crippen molar-refractivity contribution in [2.45, 2.75) is 37.6 Å². The van der Waals surface area contributed by atoms with Gasteiger partial charge in [-0.1, -0.05) is 6.07 Å². The Morgan fingerprint density at radius 3 is 2.40 bits per heavy atom. The number of hydrogen-bond donors (Lipinski definition) is 0. The molecule has 5 rings (SSSR count). The van der Waals surface area contributed by atoms with Crippen LogP contribution in [0.2, 0.25) is 0 Å². The van der Waals surface area contributed by atoms with E-state index in [-0.39, 0.29) is 12.4 Å². The Morgan fingerprint density at radius 2 is 1.76 bits per heavy atom. The number of rotatable bonds is 4. The van der Waals surface area contributed by atoms with Gasteiger partial charge in [-0.2, -0.15) is 0 Å². The molecule has 134 valence electrons. The molecule has 0 bridgehead atoms. The Hall–Kier alpha value is -1.52. The van der Waals surface area contributed by atoms with Gasteiger partial charge in [-0.3, -0.25) is 4.90 Å². The highest BCUT2D eigenvalue weighted by molar-refractivity contribution is 5.85. The minimum atomic E-state index is 0. The fourth-order valence-corrected chi connectivity index (χ4v) is 3.95. The molecule has 1 aromatic carbocycles. The molecule has 0 atom stereocenters. The summed E-state index contributed by atoms with van der Waals surface area (Å²) in [6.45, 7) is 4.39. The summed E-state index contributed by atoms with van der Waals surface area (Å²) in [4.78, 5) is 9.98. The van der Waals surface area contributed by atoms with Gasteiger partial charge in [-0.25, -0.2) is 4.98 Å². The predicted octanol–water partition coefficient (Wildman–Crippen LogP) is 3.83. The molecular weight excluding hydrogens is 334 g/mol. The van der Waals surface area contributed by atoms with Crippen LogP contribution in [-0.2, 0) is 0 Å². The van der Waals surface area contributed by atoms with E-state index in [1.807, 2.05) is 0 Å². The maximum absolute atomic E-state index is 5.69. The van der Waals surface area contributed by atoms with Crippen LogP contribution in [-0.4, -0.2) is 49.2 Å². The summed E-state index contributed by atoms with van der Waals surface area (Å²) in [6, 6.07) is 9.79. The lowest BCUT2D eigenvalue weighted by molar-refractivity contribution is 0.247. The molecule has 2 saturated carbocycles. The molecule has 0 amide bonds. The van der Waals surface area contributed by atoms with Crippen molar-refractivity contribution in [2.24, 2.45) is 0 Å². The van der Waals surface area contributed by atoms with Crippen LogP contribution in [0, 0.1) is 0 Å². The molecular formula is C20H26ClN3O. The second-order valence-electron chi connectivity index (χ2n) is 7.49. The van der Waals surface area contributed by atoms with Gasteiger partial charge in [0.1, 0.15) is 0 Å². The van der Waals surface area contributed by atoms with Crippen molar-refractivity contribution in [1.29, 1.82) is 0 Å². The number of nitrogens with zero attached hydrogens (tertiary/aromatic N) is 3. The van der Waals surface area contributed by atoms with Gasteiger partial charge in [0.25, 0.3) is 0 Å². The van der Waals surface area contributed by atoms with Crippen LogP contribution in [0.4, 0.5) is 5.82 Å². The topological polar surface area (TPSA) is 28.6 Å². The first-order valence-corrected chi connectivity index (χ1v) is 9.29. The molecule has 1 saturated heterocycles. The number of piperazine rings is 1. The minimum Gasteiger partial charge on any atom is -0.493 e. The van der Waals surface area contributed by atoms with Crippen molar-refractivity contribution in [2.75, 3.05) is 38.2 Å². The van der Waals surface area contributed by atoms with Gasteiger partial charge in [0.05, 0.1) is 12.6 Å². The largest absolute Gasteiger partial charge is 0.493 e. The average Bonchev–Trinajstić information content (AvgIpc) is 3.51. The van der Waals surface area contributed by atoms with Gasteiger partial charge in [-0.15, -0.1) is 12.4 Å². The monoisotopic (exact) mass is 359 g/mol. The Bertz CT molecular complexity index is 765. The molecule has 2 aromatic rings. The molecule has 1 aromatic heterocycles. The summed E-state index contributed by atoms with van der Waals surface area (Å²) in [5.74, 6) is 2.70. The third-order valence-corrected chi connectivity index (χ3v) is 5.73. The molecule has 2 heterocycles. The normalized spacial score (nSPS) is 21.2. The van der Waals surface area contributed by atoms with Crippen LogP contribution in [0.5, 0.6) is 5.75 Å². The number of methoxy groups -OCH3 is 1. The molecule has 25 heavy (non-hydrogen) atoms. The lowest BCUT2D eigenvalue weighted by Crippen LogP contribution is -2.47. The van der Waals surface area contributed by atoms with Crippen molar-refractivity contribution >= 4 is 29.1 Å². The van der Waals surface area contributed by atoms with E-state index in [2.05, 4.69) is 34.1 Å². The summed E-state index contributed by atoms with van der Waals surface area (Å²) < 4.78 is 5.69. The number of ether oxygens (including phenoxy) is 1. The van der Waals surface area contributed by atoms with Gasteiger partial charge in [0.15, 0.2) is 11.6 Å². The SMILES string of the molecule is COc1cc2cc(C3CC3)ccc2nc1N1CCN(C2CC2)CC1.Cl. The Labute approximate surface area is 155 Å². The average molecular weight is 360 g/mol. The molecule has 4 nitrogen and oxygen atoms in total. The Kier molecular flexibility index (Phi) is 4.50. The van der Waals surface area contributed by atoms with Crippen LogP contribution in [0.3, 0.4) is 0 Å². The number of pyridine rings is 1. The fraction of sp³-hybridized carbons (Fsp3) is 0.550. The summed E-state index contributed by atoms with van der Waals surface area (Å²) in [5, 5.41) is 1.21. The van der Waals surface area contributed by atoms with Gasteiger partial charge >= 0.3 is 0 Å². The zero-order valence-corrected chi connectivity index (χ0v) is 15.6. The van der Waals surface area contributed by atoms with Crippen LogP contribution in [0.1, 0.15) is 37.2 Å². The molecule has 3 aliphatic rings. The summed E-state index contributed by atoms with van der Waals surface area (Å²) in [5.41, 5.74) is 2.54. The first-order chi connectivity index (χ1) is 11.8. The maximum atomic E-state index is 5.69. The van der Waals surface area contributed by atoms with E-state index in [1.165, 1.54) is 36.6 Å². The van der Waals surface area contributed by atoms with Crippen LogP contribution in [0.25, 0.3) is 10.9 Å². The summed E-state index contributed by atoms with van der Waals surface area (Å²) in [7, 11) is 1.76. The highest BCUT2D eigenvalue weighted by Crippen LogP contribution is 2.41. The molecule has 0 unspecified atom stereocenters. The lowest BCUT2D eigenvalue weighted by Gasteiger charge is -2.36. The Balaban J connectivity index is 0.00000157. The van der Waals surface area contributed by atoms with Crippen molar-refractivity contribution in [3.8, 4) is 5.75 Å². The number of fused-ring (bicyclic) bond motifs is 1. The number of aromatic nitrogens is 1. The Morgan fingerprint density at radius 1 is 1.00 bits per heavy atom. The van der Waals surface area contributed by atoms with Gasteiger partial charge in [0.2, 0.25) is 0 Å². The zero-order chi connectivity index (χ0) is 16.1. The molecule has 5 heteroatoms. The zero-order valence-electron chi connectivity index (χ0n) is 14.8. The highest BCUT2D eigenvalue weighted by atomic mass is 35.5. The maximum Gasteiger partial charge on any atom is 0.172 e. The third kappa shape index (κ3) is 3.30. The van der Waals surface area contributed by atoms with Gasteiger partial charge in [-0.05, 0) is 55.4 Å². The van der Waals surface area contributed by atoms with Crippen LogP contribution >= 0.6 is 12.4 Å². The van der Waals surface area contributed by atoms with Crippen molar-refractivity contribution in [3.05, 3.63) is 29.8 Å². The van der Waals surface area contributed by atoms with E-state index in [4.69, 9.17) is 9.72 Å². The molecule has 0 spiro atoms. The molecule has 3 fully saturated rings. The standard InChI is InChI=1S/C20H25N3O.ClH/c1-24-19-13-16-12-15(14-2-3-14)4-7-18(16)21-20(19)23-10-8-22(9-11-23)17-5-6-17;/h4,7,12-14,17H,2-3,5-6,8-11H2,1H3;1H. The van der Waals surface area contributed by atoms with E-state index in [0.717, 1.165) is 55.2 Å². The van der Waals surface area contributed by atoms with E-state index in [1.54, 1.807) is 7.11 Å². The summed E-state index contributed by atoms with van der Waals surface area (Å²) in [6.07, 6.45) is 5.45. The minimum absolute atomic E-state index is 0. The molecule has 1 aliphatic heterocycles. The van der Waals surface area contributed by atoms with Crippen molar-refractivity contribution < 1.29 is 4.74 Å². The van der Waals surface area contributed by atoms with Gasteiger partial charge in [0, 0.05) is 37.6 Å². The predicted molar refractivity (Wildman–Crippen MR) is 104 cm³/mol. The van der Waals surface area contributed by atoms with Crippen LogP contribution in [0.15, 0.2) is 24.3 Å². The van der Waals surface area contributed by atoms with Crippen LogP contribution < -0.4 is 9.64 Å². The second-order valence-corrected chi connectivity index (χ2v) is 7.49. The quantitative estimate of drug-likeness (QED) is 0.829. The summed E-state index contributed by atoms with van der Waals surface area (Å²) >= 11 is 0. The fourth-order valence-electron chi connectivity index (χ4n) is 3.95. The van der Waals surface area contributed by atoms with Crippen molar-refractivity contribution in [3.63, 3.8) is 0 Å². The number of benzene rings is 1. The van der Waals surface area contributed by atoms with E-state index < -0.39 is 0 Å². The smallest absolute Gasteiger partial charge is 0.172 e. The third-order valence-electron chi connectivity index (χ3n) is 5.73. The first-order valence-electron chi connectivity index (χ1n) is 9.29.